The molecule has 3 nitrogen and oxygen atoms in total. The van der Waals surface area contributed by atoms with Crippen molar-refractivity contribution < 1.29 is 13.2 Å². The number of aryl methyl sites for hydroxylation is 1. The Morgan fingerprint density at radius 1 is 1.25 bits per heavy atom. The summed E-state index contributed by atoms with van der Waals surface area (Å²) in [6.45, 7) is 3.54. The Kier molecular flexibility index (Phi) is 4.24. The predicted octanol–water partition coefficient (Wildman–Crippen LogP) is 1.89. The van der Waals surface area contributed by atoms with Crippen LogP contribution in [0.2, 0.25) is 0 Å². The lowest BCUT2D eigenvalue weighted by Gasteiger charge is -2.06. The third-order valence-corrected chi connectivity index (χ3v) is 3.92. The fraction of sp³-hybridized carbons (Fsp3) is 0.417. The molecule has 0 heterocycles. The number of carbonyl (C=O) groups excluding carboxylic acids is 1. The van der Waals surface area contributed by atoms with E-state index in [2.05, 4.69) is 0 Å². The number of Topliss-reactive ketones (excluding diaryl/α,β-unsaturated/α-hetero) is 1. The van der Waals surface area contributed by atoms with Gasteiger partial charge in [0.05, 0.1) is 5.75 Å². The first-order chi connectivity index (χ1) is 7.44. The van der Waals surface area contributed by atoms with Gasteiger partial charge in [0.15, 0.2) is 9.84 Å². The molecule has 0 amide bonds. The molecular weight excluding hydrogens is 224 g/mol. The van der Waals surface area contributed by atoms with E-state index >= 15 is 0 Å². The van der Waals surface area contributed by atoms with Crippen LogP contribution in [0.5, 0.6) is 0 Å². The molecular formula is C12H16O3S. The van der Waals surface area contributed by atoms with Gasteiger partial charge in [0, 0.05) is 6.42 Å². The number of ketones is 1. The summed E-state index contributed by atoms with van der Waals surface area (Å²) in [5, 5.41) is 0. The van der Waals surface area contributed by atoms with Crippen molar-refractivity contribution in [2.75, 3.05) is 5.75 Å². The Balaban J connectivity index is 2.81. The molecule has 0 aliphatic carbocycles. The summed E-state index contributed by atoms with van der Waals surface area (Å²) in [4.78, 5) is 11.1. The Morgan fingerprint density at radius 3 is 2.44 bits per heavy atom. The van der Waals surface area contributed by atoms with Crippen LogP contribution >= 0.6 is 0 Å². The number of rotatable bonds is 5. The van der Waals surface area contributed by atoms with Crippen molar-refractivity contribution in [3.05, 3.63) is 35.4 Å². The van der Waals surface area contributed by atoms with Gasteiger partial charge < -0.3 is 0 Å². The van der Waals surface area contributed by atoms with Crippen molar-refractivity contribution in [3.63, 3.8) is 0 Å². The molecule has 0 fully saturated rings. The summed E-state index contributed by atoms with van der Waals surface area (Å²) >= 11 is 0. The third kappa shape index (κ3) is 3.77. The molecule has 0 saturated heterocycles. The molecule has 4 heteroatoms. The van der Waals surface area contributed by atoms with E-state index in [0.29, 0.717) is 0 Å². The van der Waals surface area contributed by atoms with Crippen molar-refractivity contribution in [2.45, 2.75) is 26.0 Å². The van der Waals surface area contributed by atoms with Crippen LogP contribution in [-0.4, -0.2) is 20.0 Å². The molecule has 0 radical (unpaired) electrons. The zero-order valence-corrected chi connectivity index (χ0v) is 10.4. The molecule has 0 aliphatic heterocycles. The fourth-order valence-corrected chi connectivity index (χ4v) is 3.00. The van der Waals surface area contributed by atoms with Gasteiger partial charge in [-0.2, -0.15) is 0 Å². The van der Waals surface area contributed by atoms with Gasteiger partial charge in [-0.25, -0.2) is 8.42 Å². The molecule has 0 aliphatic rings. The largest absolute Gasteiger partial charge is 0.299 e. The van der Waals surface area contributed by atoms with Crippen LogP contribution < -0.4 is 0 Å². The maximum Gasteiger partial charge on any atom is 0.161 e. The van der Waals surface area contributed by atoms with Crippen molar-refractivity contribution in [3.8, 4) is 0 Å². The second kappa shape index (κ2) is 5.25. The van der Waals surface area contributed by atoms with Crippen molar-refractivity contribution in [1.82, 2.24) is 0 Å². The Bertz CT molecular complexity index is 475. The lowest BCUT2D eigenvalue weighted by atomic mass is 10.1. The number of hydrogen-bond donors (Lipinski definition) is 0. The molecule has 88 valence electrons. The highest BCUT2D eigenvalue weighted by molar-refractivity contribution is 7.91. The minimum atomic E-state index is -3.32. The molecule has 1 aromatic carbocycles. The molecule has 0 unspecified atom stereocenters. The monoisotopic (exact) mass is 240 g/mol. The lowest BCUT2D eigenvalue weighted by molar-refractivity contribution is -0.116. The van der Waals surface area contributed by atoms with E-state index in [1.54, 1.807) is 19.1 Å². The van der Waals surface area contributed by atoms with E-state index in [4.69, 9.17) is 0 Å². The summed E-state index contributed by atoms with van der Waals surface area (Å²) in [7, 11) is -3.32. The molecule has 0 N–H and O–H groups in total. The van der Waals surface area contributed by atoms with Crippen LogP contribution in [0.15, 0.2) is 24.3 Å². The molecule has 1 aromatic rings. The van der Waals surface area contributed by atoms with Crippen molar-refractivity contribution >= 4 is 15.6 Å². The minimum Gasteiger partial charge on any atom is -0.299 e. The smallest absolute Gasteiger partial charge is 0.161 e. The minimum absolute atomic E-state index is 0.0502. The highest BCUT2D eigenvalue weighted by atomic mass is 32.2. The molecule has 1 rings (SSSR count). The van der Waals surface area contributed by atoms with Crippen LogP contribution in [0.3, 0.4) is 0 Å². The van der Waals surface area contributed by atoms with E-state index in [1.165, 1.54) is 0 Å². The van der Waals surface area contributed by atoms with Crippen LogP contribution in [0.25, 0.3) is 0 Å². The molecule has 0 saturated carbocycles. The average molecular weight is 240 g/mol. The molecule has 0 atom stereocenters. The first-order valence-electron chi connectivity index (χ1n) is 5.21. The van der Waals surface area contributed by atoms with E-state index in [9.17, 15) is 13.2 Å². The van der Waals surface area contributed by atoms with Gasteiger partial charge in [0.25, 0.3) is 0 Å². The maximum atomic E-state index is 11.7. The zero-order valence-electron chi connectivity index (χ0n) is 9.56. The second-order valence-corrected chi connectivity index (χ2v) is 5.92. The molecule has 16 heavy (non-hydrogen) atoms. The fourth-order valence-electron chi connectivity index (χ4n) is 1.41. The summed E-state index contributed by atoms with van der Waals surface area (Å²) in [5.41, 5.74) is 1.71. The van der Waals surface area contributed by atoms with Gasteiger partial charge in [-0.1, -0.05) is 31.2 Å². The van der Waals surface area contributed by atoms with Gasteiger partial charge in [-0.15, -0.1) is 0 Å². The predicted molar refractivity (Wildman–Crippen MR) is 64.0 cm³/mol. The molecule has 0 bridgehead atoms. The summed E-state index contributed by atoms with van der Waals surface area (Å²) in [6, 6.07) is 7.32. The summed E-state index contributed by atoms with van der Waals surface area (Å²) in [6.07, 6.45) is 0.271. The van der Waals surface area contributed by atoms with Crippen molar-refractivity contribution in [1.29, 1.82) is 0 Å². The standard InChI is InChI=1S/C12H16O3S/c1-3-12(13)9-16(14,15)8-11-7-5-4-6-10(11)2/h4-7H,3,8-9H2,1-2H3. The first-order valence-corrected chi connectivity index (χ1v) is 7.03. The van der Waals surface area contributed by atoms with Gasteiger partial charge in [-0.3, -0.25) is 4.79 Å². The highest BCUT2D eigenvalue weighted by Gasteiger charge is 2.16. The Hall–Kier alpha value is -1.16. The second-order valence-electron chi connectivity index (χ2n) is 3.85. The van der Waals surface area contributed by atoms with Crippen LogP contribution in [0.1, 0.15) is 24.5 Å². The summed E-state index contributed by atoms with van der Waals surface area (Å²) < 4.78 is 23.4. The van der Waals surface area contributed by atoms with E-state index in [-0.39, 0.29) is 23.7 Å². The van der Waals surface area contributed by atoms with E-state index in [1.807, 2.05) is 19.1 Å². The van der Waals surface area contributed by atoms with Crippen LogP contribution in [0.4, 0.5) is 0 Å². The summed E-state index contributed by atoms with van der Waals surface area (Å²) in [5.74, 6) is -0.628. The van der Waals surface area contributed by atoms with Crippen LogP contribution in [-0.2, 0) is 20.4 Å². The van der Waals surface area contributed by atoms with Crippen LogP contribution in [0, 0.1) is 6.92 Å². The number of benzene rings is 1. The van der Waals surface area contributed by atoms with Gasteiger partial charge in [-0.05, 0) is 18.1 Å². The van der Waals surface area contributed by atoms with Crippen molar-refractivity contribution in [2.24, 2.45) is 0 Å². The first kappa shape index (κ1) is 12.9. The SMILES string of the molecule is CCC(=O)CS(=O)(=O)Cc1ccccc1C. The van der Waals surface area contributed by atoms with Gasteiger partial charge >= 0.3 is 0 Å². The van der Waals surface area contributed by atoms with Gasteiger partial charge in [0.2, 0.25) is 0 Å². The number of carbonyl (C=O) groups is 1. The number of hydrogen-bond acceptors (Lipinski definition) is 3. The third-order valence-electron chi connectivity index (χ3n) is 2.41. The van der Waals surface area contributed by atoms with E-state index < -0.39 is 9.84 Å². The topological polar surface area (TPSA) is 51.2 Å². The number of sulfone groups is 1. The Labute approximate surface area is 96.4 Å². The zero-order chi connectivity index (χ0) is 12.2. The normalized spacial score (nSPS) is 11.4. The lowest BCUT2D eigenvalue weighted by Crippen LogP contribution is -2.17. The average Bonchev–Trinajstić information content (AvgIpc) is 2.20. The molecule has 0 aromatic heterocycles. The highest BCUT2D eigenvalue weighted by Crippen LogP contribution is 2.12. The van der Waals surface area contributed by atoms with Gasteiger partial charge in [0.1, 0.15) is 11.5 Å². The van der Waals surface area contributed by atoms with E-state index in [0.717, 1.165) is 11.1 Å². The quantitative estimate of drug-likeness (QED) is 0.789. The Morgan fingerprint density at radius 2 is 1.88 bits per heavy atom. The maximum absolute atomic E-state index is 11.7. The molecule has 0 spiro atoms.